The molecule has 3 unspecified atom stereocenters. The summed E-state index contributed by atoms with van der Waals surface area (Å²) in [5, 5.41) is 23.7. The number of nitrogens with one attached hydrogen (secondary N) is 1. The van der Waals surface area contributed by atoms with Crippen LogP contribution in [0.1, 0.15) is 213 Å². The fourth-order valence-corrected chi connectivity index (χ4v) is 7.24. The average Bonchev–Trinajstić information content (AvgIpc) is 3.30. The number of esters is 1. The molecule has 368 valence electrons. The predicted octanol–water partition coefficient (Wildman–Crippen LogP) is 16.1. The molecule has 0 aliphatic heterocycles. The number of hydrogen-bond donors (Lipinski definition) is 3. The number of unbranched alkanes of at least 4 members (excludes halogenated alkanes) is 19. The van der Waals surface area contributed by atoms with Crippen molar-refractivity contribution in [1.29, 1.82) is 0 Å². The molecule has 6 nitrogen and oxygen atoms in total. The molecule has 0 aromatic heterocycles. The van der Waals surface area contributed by atoms with Gasteiger partial charge in [0.25, 0.3) is 0 Å². The van der Waals surface area contributed by atoms with E-state index < -0.39 is 18.2 Å². The van der Waals surface area contributed by atoms with E-state index in [-0.39, 0.29) is 31.3 Å². The maximum Gasteiger partial charge on any atom is 0.306 e. The monoisotopic (exact) mass is 900 g/mol. The fourth-order valence-electron chi connectivity index (χ4n) is 7.24. The number of ether oxygens (including phenoxy) is 1. The van der Waals surface area contributed by atoms with Crippen molar-refractivity contribution in [3.8, 4) is 0 Å². The van der Waals surface area contributed by atoms with E-state index in [2.05, 4.69) is 86.8 Å². The van der Waals surface area contributed by atoms with Crippen molar-refractivity contribution in [2.75, 3.05) is 6.61 Å². The highest BCUT2D eigenvalue weighted by molar-refractivity contribution is 5.78. The number of aliphatic hydroxyl groups excluding tert-OH is 2. The third-order valence-electron chi connectivity index (χ3n) is 11.2. The van der Waals surface area contributed by atoms with Crippen LogP contribution < -0.4 is 5.32 Å². The summed E-state index contributed by atoms with van der Waals surface area (Å²) in [7, 11) is 0. The Morgan fingerprint density at radius 1 is 0.492 bits per heavy atom. The van der Waals surface area contributed by atoms with Crippen molar-refractivity contribution in [3.63, 3.8) is 0 Å². The number of amides is 1. The van der Waals surface area contributed by atoms with Crippen LogP contribution in [0.15, 0.2) is 122 Å². The number of carbonyl (C=O) groups is 2. The second-order valence-electron chi connectivity index (χ2n) is 17.3. The van der Waals surface area contributed by atoms with Gasteiger partial charge in [-0.25, -0.2) is 0 Å². The molecule has 1 amide bonds. The fraction of sp³-hybridized carbons (Fsp3) is 0.627. The summed E-state index contributed by atoms with van der Waals surface area (Å²) in [4.78, 5) is 26.1. The van der Waals surface area contributed by atoms with Crippen molar-refractivity contribution >= 4 is 11.9 Å². The van der Waals surface area contributed by atoms with E-state index >= 15 is 0 Å². The average molecular weight is 900 g/mol. The molecule has 0 aromatic rings. The van der Waals surface area contributed by atoms with E-state index in [9.17, 15) is 19.8 Å². The molecule has 0 aromatic carbocycles. The highest BCUT2D eigenvalue weighted by Crippen LogP contribution is 2.16. The van der Waals surface area contributed by atoms with E-state index in [4.69, 9.17) is 4.74 Å². The van der Waals surface area contributed by atoms with Crippen LogP contribution in [0.2, 0.25) is 0 Å². The summed E-state index contributed by atoms with van der Waals surface area (Å²) in [5.41, 5.74) is 0. The van der Waals surface area contributed by atoms with Gasteiger partial charge in [-0.2, -0.15) is 0 Å². The topological polar surface area (TPSA) is 95.9 Å². The molecule has 0 saturated carbocycles. The Morgan fingerprint density at radius 2 is 0.923 bits per heavy atom. The largest absolute Gasteiger partial charge is 0.458 e. The van der Waals surface area contributed by atoms with E-state index in [1.165, 1.54) is 89.9 Å². The number of allylic oxidation sites excluding steroid dienone is 19. The number of hydrogen-bond acceptors (Lipinski definition) is 5. The van der Waals surface area contributed by atoms with Gasteiger partial charge in [0.1, 0.15) is 6.10 Å². The van der Waals surface area contributed by atoms with E-state index in [1.54, 1.807) is 6.08 Å². The second-order valence-corrected chi connectivity index (χ2v) is 17.3. The molecule has 0 aliphatic carbocycles. The van der Waals surface area contributed by atoms with Crippen molar-refractivity contribution in [3.05, 3.63) is 122 Å². The maximum absolute atomic E-state index is 13.2. The molecule has 3 N–H and O–H groups in total. The van der Waals surface area contributed by atoms with Crippen molar-refractivity contribution in [2.24, 2.45) is 0 Å². The SMILES string of the molecule is CC/C=C/C=C/C=C\C=C/C=C/CCCCCC(=O)OC(/C=C/C/C=C/C/C=C/C/C=C/C/C=C/CC)CC(=O)NC(CO)C(O)CCCCCCCCCCCCCCCCCCC. The molecule has 0 fully saturated rings. The Bertz CT molecular complexity index is 1380. The zero-order chi connectivity index (χ0) is 47.4. The zero-order valence-corrected chi connectivity index (χ0v) is 41.8. The van der Waals surface area contributed by atoms with Gasteiger partial charge in [0, 0.05) is 6.42 Å². The van der Waals surface area contributed by atoms with Crippen molar-refractivity contribution < 1.29 is 24.5 Å². The highest BCUT2D eigenvalue weighted by atomic mass is 16.5. The first-order valence-electron chi connectivity index (χ1n) is 26.3. The molecular formula is C59H97NO5. The lowest BCUT2D eigenvalue weighted by Crippen LogP contribution is -2.46. The minimum atomic E-state index is -0.835. The van der Waals surface area contributed by atoms with Gasteiger partial charge in [0.2, 0.25) is 5.91 Å². The number of aliphatic hydroxyl groups is 2. The van der Waals surface area contributed by atoms with E-state index in [0.29, 0.717) is 19.3 Å². The normalized spacial score (nSPS) is 14.2. The minimum Gasteiger partial charge on any atom is -0.458 e. The first-order valence-corrected chi connectivity index (χ1v) is 26.3. The standard InChI is InChI=1S/C59H97NO5/c1-4-7-10-13-16-19-22-25-28-29-31-33-36-39-42-45-48-51-57(62)56(54-61)60-58(63)53-55(50-47-44-41-38-35-32-27-24-21-18-15-12-9-6-3)65-59(64)52-49-46-43-40-37-34-30-26-23-20-17-14-11-8-5-2/h8-9,11-12,14,17-18,20-21,23,26-27,30,32,34,37-38,41,47,50,55-57,61-62H,4-7,10,13,15-16,19,22,24-25,28-29,31,33,35-36,39-40,42-46,48-49,51-54H2,1-3H3,(H,60,63)/b11-8+,12-9+,17-14+,21-18+,23-20-,30-26-,32-27+,37-34+,41-38+,50-47+. The first kappa shape index (κ1) is 61.3. The maximum atomic E-state index is 13.2. The molecule has 0 bridgehead atoms. The van der Waals surface area contributed by atoms with Crippen LogP contribution in [-0.2, 0) is 14.3 Å². The first-order chi connectivity index (χ1) is 32.0. The van der Waals surface area contributed by atoms with Gasteiger partial charge in [-0.15, -0.1) is 0 Å². The summed E-state index contributed by atoms with van der Waals surface area (Å²) in [6.45, 7) is 6.18. The molecule has 0 radical (unpaired) electrons. The lowest BCUT2D eigenvalue weighted by molar-refractivity contribution is -0.148. The predicted molar refractivity (Wildman–Crippen MR) is 282 cm³/mol. The summed E-state index contributed by atoms with van der Waals surface area (Å²) in [6, 6.07) is -0.760. The summed E-state index contributed by atoms with van der Waals surface area (Å²) < 4.78 is 5.80. The third-order valence-corrected chi connectivity index (χ3v) is 11.2. The van der Waals surface area contributed by atoms with Crippen LogP contribution in [0.5, 0.6) is 0 Å². The van der Waals surface area contributed by atoms with Crippen LogP contribution in [0.25, 0.3) is 0 Å². The van der Waals surface area contributed by atoms with Crippen LogP contribution >= 0.6 is 0 Å². The van der Waals surface area contributed by atoms with Gasteiger partial charge in [-0.3, -0.25) is 9.59 Å². The van der Waals surface area contributed by atoms with Crippen LogP contribution in [0, 0.1) is 0 Å². The summed E-state index contributed by atoms with van der Waals surface area (Å²) in [5.74, 6) is -0.688. The minimum absolute atomic E-state index is 0.0709. The summed E-state index contributed by atoms with van der Waals surface area (Å²) in [6.07, 6.45) is 71.5. The molecule has 0 heterocycles. The van der Waals surface area contributed by atoms with Crippen LogP contribution in [-0.4, -0.2) is 46.9 Å². The van der Waals surface area contributed by atoms with Gasteiger partial charge in [-0.05, 0) is 70.3 Å². The summed E-state index contributed by atoms with van der Waals surface area (Å²) >= 11 is 0. The van der Waals surface area contributed by atoms with Gasteiger partial charge < -0.3 is 20.3 Å². The molecule has 0 aliphatic rings. The molecular weight excluding hydrogens is 803 g/mol. The van der Waals surface area contributed by atoms with E-state index in [0.717, 1.165) is 70.6 Å². The molecule has 0 spiro atoms. The van der Waals surface area contributed by atoms with Crippen LogP contribution in [0.3, 0.4) is 0 Å². The quantitative estimate of drug-likeness (QED) is 0.0245. The van der Waals surface area contributed by atoms with Crippen LogP contribution in [0.4, 0.5) is 0 Å². The Kier molecular flexibility index (Phi) is 48.3. The molecule has 3 atom stereocenters. The lowest BCUT2D eigenvalue weighted by atomic mass is 10.0. The van der Waals surface area contributed by atoms with Crippen molar-refractivity contribution in [1.82, 2.24) is 5.32 Å². The molecule has 0 rings (SSSR count). The van der Waals surface area contributed by atoms with Gasteiger partial charge in [-0.1, -0.05) is 252 Å². The number of rotatable bonds is 45. The Balaban J connectivity index is 4.76. The Hall–Kier alpha value is -3.74. The highest BCUT2D eigenvalue weighted by Gasteiger charge is 2.23. The second kappa shape index (κ2) is 51.2. The van der Waals surface area contributed by atoms with Gasteiger partial charge in [0.05, 0.1) is 25.2 Å². The molecule has 65 heavy (non-hydrogen) atoms. The van der Waals surface area contributed by atoms with Gasteiger partial charge >= 0.3 is 5.97 Å². The Labute approximate surface area is 400 Å². The zero-order valence-electron chi connectivity index (χ0n) is 41.8. The Morgan fingerprint density at radius 3 is 1.42 bits per heavy atom. The third kappa shape index (κ3) is 46.6. The van der Waals surface area contributed by atoms with Crippen molar-refractivity contribution in [2.45, 2.75) is 232 Å². The van der Waals surface area contributed by atoms with E-state index in [1.807, 2.05) is 54.7 Å². The smallest absolute Gasteiger partial charge is 0.306 e. The molecule has 6 heteroatoms. The number of carbonyl (C=O) groups excluding carboxylic acids is 2. The van der Waals surface area contributed by atoms with Gasteiger partial charge in [0.15, 0.2) is 0 Å². The lowest BCUT2D eigenvalue weighted by Gasteiger charge is -2.23. The molecule has 0 saturated heterocycles.